The fraction of sp³-hybridized carbons (Fsp3) is 0.500. The first kappa shape index (κ1) is 21.9. The van der Waals surface area contributed by atoms with Gasteiger partial charge in [-0.2, -0.15) is 10.2 Å². The summed E-state index contributed by atoms with van der Waals surface area (Å²) < 4.78 is 0. The number of carbonyl (C=O) groups is 2. The minimum absolute atomic E-state index is 0.0805. The van der Waals surface area contributed by atoms with Gasteiger partial charge in [0.1, 0.15) is 22.8 Å². The van der Waals surface area contributed by atoms with Crippen LogP contribution in [0.4, 0.5) is 5.82 Å². The first-order valence-corrected chi connectivity index (χ1v) is 10.4. The summed E-state index contributed by atoms with van der Waals surface area (Å²) in [5, 5.41) is 10.5. The molecule has 3 rings (SSSR count). The van der Waals surface area contributed by atoms with Gasteiger partial charge in [0.05, 0.1) is 18.0 Å². The highest BCUT2D eigenvalue weighted by molar-refractivity contribution is 6.30. The Morgan fingerprint density at radius 3 is 2.67 bits per heavy atom. The molecule has 0 saturated carbocycles. The number of anilines is 1. The molecule has 10 heteroatoms. The van der Waals surface area contributed by atoms with Crippen LogP contribution in [0.5, 0.6) is 0 Å². The van der Waals surface area contributed by atoms with Crippen LogP contribution < -0.4 is 11.1 Å². The molecule has 0 aromatic carbocycles. The number of hydrogen-bond donors (Lipinski definition) is 2. The molecule has 0 bridgehead atoms. The number of carbonyl (C=O) groups excluding carboxylic acids is 2. The zero-order valence-corrected chi connectivity index (χ0v) is 17.9. The number of likely N-dealkylation sites (tertiary alicyclic amines) is 1. The molecule has 160 valence electrons. The van der Waals surface area contributed by atoms with Crippen molar-refractivity contribution in [1.29, 1.82) is 0 Å². The van der Waals surface area contributed by atoms with Crippen LogP contribution in [-0.4, -0.2) is 56.0 Å². The van der Waals surface area contributed by atoms with Crippen molar-refractivity contribution in [3.05, 3.63) is 40.6 Å². The minimum Gasteiger partial charge on any atom is -0.383 e. The maximum atomic E-state index is 12.7. The summed E-state index contributed by atoms with van der Waals surface area (Å²) in [6.07, 6.45) is 6.23. The Morgan fingerprint density at radius 1 is 1.30 bits per heavy atom. The van der Waals surface area contributed by atoms with Crippen molar-refractivity contribution in [1.82, 2.24) is 30.4 Å². The average Bonchev–Trinajstić information content (AvgIpc) is 2.73. The van der Waals surface area contributed by atoms with Crippen LogP contribution in [0.15, 0.2) is 18.5 Å². The second kappa shape index (κ2) is 9.80. The molecule has 1 atom stereocenters. The van der Waals surface area contributed by atoms with Gasteiger partial charge in [-0.1, -0.05) is 11.6 Å². The normalized spacial score (nSPS) is 15.6. The first-order chi connectivity index (χ1) is 14.3. The number of rotatable bonds is 6. The number of aromatic nitrogens is 4. The number of nitrogens with zero attached hydrogens (tertiary/aromatic N) is 5. The third-order valence-electron chi connectivity index (χ3n) is 5.39. The van der Waals surface area contributed by atoms with Crippen LogP contribution in [0.25, 0.3) is 0 Å². The quantitative estimate of drug-likeness (QED) is 0.667. The van der Waals surface area contributed by atoms with Crippen molar-refractivity contribution in [2.24, 2.45) is 5.92 Å². The van der Waals surface area contributed by atoms with Crippen molar-refractivity contribution in [2.75, 3.05) is 18.8 Å². The second-order valence-electron chi connectivity index (χ2n) is 7.56. The predicted molar refractivity (Wildman–Crippen MR) is 113 cm³/mol. The summed E-state index contributed by atoms with van der Waals surface area (Å²) in [5.74, 6) is 1.06. The van der Waals surface area contributed by atoms with Crippen molar-refractivity contribution < 1.29 is 9.59 Å². The van der Waals surface area contributed by atoms with E-state index < -0.39 is 6.04 Å². The van der Waals surface area contributed by atoms with E-state index in [1.165, 1.54) is 12.4 Å². The number of nitrogens with one attached hydrogen (secondary N) is 1. The molecule has 30 heavy (non-hydrogen) atoms. The molecule has 2 amide bonds. The van der Waals surface area contributed by atoms with E-state index in [0.29, 0.717) is 41.4 Å². The smallest absolute Gasteiger partial charge is 0.253 e. The molecule has 2 aromatic heterocycles. The molecule has 9 nitrogen and oxygen atoms in total. The SMILES string of the molecule is Cc1nc(N)c(CCC2CCN(C(=O)C(C)NC(=O)c3ccnnc3)CC2)c(Cl)n1. The molecular weight excluding hydrogens is 406 g/mol. The Balaban J connectivity index is 1.47. The van der Waals surface area contributed by atoms with Crippen molar-refractivity contribution in [2.45, 2.75) is 45.6 Å². The standard InChI is InChI=1S/C20H26ClN7O2/c1-12(25-19(29)15-5-8-23-24-11-15)20(30)28-9-6-14(7-10-28)3-4-16-17(21)26-13(2)27-18(16)22/h5,8,11-12,14H,3-4,6-7,9-10H2,1-2H3,(H,25,29)(H2,22,26,27). The van der Waals surface area contributed by atoms with Gasteiger partial charge in [-0.05, 0) is 51.5 Å². The third kappa shape index (κ3) is 5.41. The van der Waals surface area contributed by atoms with E-state index in [0.717, 1.165) is 31.2 Å². The Hall–Kier alpha value is -2.81. The summed E-state index contributed by atoms with van der Waals surface area (Å²) >= 11 is 6.21. The van der Waals surface area contributed by atoms with E-state index in [9.17, 15) is 9.59 Å². The van der Waals surface area contributed by atoms with Crippen LogP contribution in [-0.2, 0) is 11.2 Å². The monoisotopic (exact) mass is 431 g/mol. The molecular formula is C20H26ClN7O2. The molecule has 3 N–H and O–H groups in total. The van der Waals surface area contributed by atoms with Gasteiger partial charge in [0, 0.05) is 18.7 Å². The fourth-order valence-corrected chi connectivity index (χ4v) is 3.96. The van der Waals surface area contributed by atoms with E-state index in [2.05, 4.69) is 25.5 Å². The molecule has 0 radical (unpaired) electrons. The molecule has 2 aromatic rings. The van der Waals surface area contributed by atoms with E-state index in [4.69, 9.17) is 17.3 Å². The van der Waals surface area contributed by atoms with E-state index in [1.807, 2.05) is 4.90 Å². The minimum atomic E-state index is -0.606. The molecule has 0 spiro atoms. The Kier molecular flexibility index (Phi) is 7.15. The number of nitrogen functional groups attached to an aromatic ring is 1. The lowest BCUT2D eigenvalue weighted by Crippen LogP contribution is -2.49. The third-order valence-corrected chi connectivity index (χ3v) is 5.71. The lowest BCUT2D eigenvalue weighted by atomic mass is 9.90. The van der Waals surface area contributed by atoms with Gasteiger partial charge in [0.25, 0.3) is 5.91 Å². The Labute approximate surface area is 180 Å². The number of piperidine rings is 1. The fourth-order valence-electron chi connectivity index (χ4n) is 3.64. The molecule has 1 unspecified atom stereocenters. The van der Waals surface area contributed by atoms with Gasteiger partial charge in [-0.15, -0.1) is 0 Å². The zero-order chi connectivity index (χ0) is 21.7. The number of aryl methyl sites for hydroxylation is 1. The highest BCUT2D eigenvalue weighted by Crippen LogP contribution is 2.26. The second-order valence-corrected chi connectivity index (χ2v) is 7.92. The summed E-state index contributed by atoms with van der Waals surface area (Å²) in [6, 6.07) is 0.953. The van der Waals surface area contributed by atoms with Gasteiger partial charge in [-0.25, -0.2) is 9.97 Å². The van der Waals surface area contributed by atoms with Crippen LogP contribution in [0.2, 0.25) is 5.15 Å². The van der Waals surface area contributed by atoms with Gasteiger partial charge in [0.15, 0.2) is 0 Å². The van der Waals surface area contributed by atoms with Crippen LogP contribution in [0.3, 0.4) is 0 Å². The highest BCUT2D eigenvalue weighted by Gasteiger charge is 2.27. The van der Waals surface area contributed by atoms with Crippen molar-refractivity contribution in [3.63, 3.8) is 0 Å². The maximum absolute atomic E-state index is 12.7. The molecule has 1 aliphatic heterocycles. The highest BCUT2D eigenvalue weighted by atomic mass is 35.5. The molecule has 1 saturated heterocycles. The molecule has 1 aliphatic rings. The largest absolute Gasteiger partial charge is 0.383 e. The van der Waals surface area contributed by atoms with Gasteiger partial charge >= 0.3 is 0 Å². The van der Waals surface area contributed by atoms with E-state index >= 15 is 0 Å². The summed E-state index contributed by atoms with van der Waals surface area (Å²) in [4.78, 5) is 35.1. The predicted octanol–water partition coefficient (Wildman–Crippen LogP) is 1.80. The lowest BCUT2D eigenvalue weighted by Gasteiger charge is -2.33. The number of hydrogen-bond acceptors (Lipinski definition) is 7. The van der Waals surface area contributed by atoms with Crippen molar-refractivity contribution >= 4 is 29.2 Å². The summed E-state index contributed by atoms with van der Waals surface area (Å²) in [7, 11) is 0. The number of nitrogens with two attached hydrogens (primary N) is 1. The van der Waals surface area contributed by atoms with Gasteiger partial charge in [0.2, 0.25) is 5.91 Å². The van der Waals surface area contributed by atoms with Crippen LogP contribution in [0, 0.1) is 12.8 Å². The first-order valence-electron chi connectivity index (χ1n) is 10.00. The summed E-state index contributed by atoms with van der Waals surface area (Å²) in [5.41, 5.74) is 7.15. The lowest BCUT2D eigenvalue weighted by molar-refractivity contribution is -0.134. The number of halogens is 1. The Bertz CT molecular complexity index is 878. The van der Waals surface area contributed by atoms with Crippen LogP contribution in [0.1, 0.15) is 47.9 Å². The van der Waals surface area contributed by atoms with Gasteiger partial charge in [-0.3, -0.25) is 9.59 Å². The molecule has 0 aliphatic carbocycles. The molecule has 3 heterocycles. The number of amides is 2. The van der Waals surface area contributed by atoms with Crippen molar-refractivity contribution in [3.8, 4) is 0 Å². The zero-order valence-electron chi connectivity index (χ0n) is 17.1. The topological polar surface area (TPSA) is 127 Å². The van der Waals surface area contributed by atoms with Crippen LogP contribution >= 0.6 is 11.6 Å². The summed E-state index contributed by atoms with van der Waals surface area (Å²) in [6.45, 7) is 4.78. The maximum Gasteiger partial charge on any atom is 0.253 e. The average molecular weight is 432 g/mol. The van der Waals surface area contributed by atoms with Gasteiger partial charge < -0.3 is 16.0 Å². The van der Waals surface area contributed by atoms with E-state index in [1.54, 1.807) is 19.9 Å². The molecule has 1 fully saturated rings. The van der Waals surface area contributed by atoms with E-state index in [-0.39, 0.29) is 11.8 Å². The Morgan fingerprint density at radius 2 is 2.03 bits per heavy atom.